The SMILES string of the molecule is O=C(O)C1CC1C(=O)c1cc(Cl)c2cnccc2c1. The van der Waals surface area contributed by atoms with Gasteiger partial charge in [0.1, 0.15) is 0 Å². The second-order valence-corrected chi connectivity index (χ2v) is 5.11. The molecule has 0 spiro atoms. The highest BCUT2D eigenvalue weighted by atomic mass is 35.5. The molecule has 3 rings (SSSR count). The number of carboxylic acids is 1. The highest BCUT2D eigenvalue weighted by Gasteiger charge is 2.48. The second-order valence-electron chi connectivity index (χ2n) is 4.71. The number of halogens is 1. The lowest BCUT2D eigenvalue weighted by molar-refractivity contribution is -0.138. The summed E-state index contributed by atoms with van der Waals surface area (Å²) in [4.78, 5) is 27.0. The highest BCUT2D eigenvalue weighted by Crippen LogP contribution is 2.41. The fraction of sp³-hybridized carbons (Fsp3) is 0.214. The Bertz CT molecular complexity index is 698. The molecule has 1 aromatic carbocycles. The number of nitrogens with zero attached hydrogens (tertiary/aromatic N) is 1. The standard InChI is InChI=1S/C14H10ClNO3/c15-12-4-8(3-7-1-2-16-6-11(7)12)13(17)9-5-10(9)14(18)19/h1-4,6,9-10H,5H2,(H,18,19). The molecule has 19 heavy (non-hydrogen) atoms. The number of pyridine rings is 1. The molecule has 1 saturated carbocycles. The zero-order chi connectivity index (χ0) is 13.6. The Hall–Kier alpha value is -1.94. The maximum atomic E-state index is 12.2. The smallest absolute Gasteiger partial charge is 0.307 e. The molecule has 1 aromatic heterocycles. The Morgan fingerprint density at radius 2 is 2.11 bits per heavy atom. The molecule has 5 heteroatoms. The van der Waals surface area contributed by atoms with Crippen LogP contribution in [-0.2, 0) is 4.79 Å². The van der Waals surface area contributed by atoms with Crippen molar-refractivity contribution in [3.05, 3.63) is 41.2 Å². The fourth-order valence-corrected chi connectivity index (χ4v) is 2.54. The molecule has 4 nitrogen and oxygen atoms in total. The summed E-state index contributed by atoms with van der Waals surface area (Å²) in [6.07, 6.45) is 3.69. The van der Waals surface area contributed by atoms with Crippen molar-refractivity contribution in [2.75, 3.05) is 0 Å². The highest BCUT2D eigenvalue weighted by molar-refractivity contribution is 6.36. The molecule has 1 aliphatic rings. The van der Waals surface area contributed by atoms with E-state index in [1.807, 2.05) is 0 Å². The fourth-order valence-electron chi connectivity index (χ4n) is 2.27. The number of carboxylic acid groups (broad SMARTS) is 1. The summed E-state index contributed by atoms with van der Waals surface area (Å²) in [6.45, 7) is 0. The van der Waals surface area contributed by atoms with E-state index in [0.29, 0.717) is 17.0 Å². The molecule has 1 N–H and O–H groups in total. The van der Waals surface area contributed by atoms with E-state index in [1.165, 1.54) is 0 Å². The number of aromatic nitrogens is 1. The predicted octanol–water partition coefficient (Wildman–Crippen LogP) is 2.79. The van der Waals surface area contributed by atoms with Gasteiger partial charge in [-0.2, -0.15) is 0 Å². The summed E-state index contributed by atoms with van der Waals surface area (Å²) >= 11 is 6.12. The molecule has 1 heterocycles. The van der Waals surface area contributed by atoms with Crippen LogP contribution >= 0.6 is 11.6 Å². The molecule has 2 aromatic rings. The van der Waals surface area contributed by atoms with E-state index >= 15 is 0 Å². The zero-order valence-corrected chi connectivity index (χ0v) is 10.6. The van der Waals surface area contributed by atoms with Crippen LogP contribution in [0.4, 0.5) is 0 Å². The van der Waals surface area contributed by atoms with Crippen LogP contribution in [0.15, 0.2) is 30.6 Å². The number of aliphatic carboxylic acids is 1. The third kappa shape index (κ3) is 2.08. The first-order chi connectivity index (χ1) is 9.08. The van der Waals surface area contributed by atoms with E-state index in [-0.39, 0.29) is 5.78 Å². The zero-order valence-electron chi connectivity index (χ0n) is 9.84. The third-order valence-electron chi connectivity index (χ3n) is 3.43. The average molecular weight is 276 g/mol. The topological polar surface area (TPSA) is 67.3 Å². The summed E-state index contributed by atoms with van der Waals surface area (Å²) in [5, 5.41) is 10.9. The molecule has 1 fully saturated rings. The van der Waals surface area contributed by atoms with Crippen LogP contribution in [0.25, 0.3) is 10.8 Å². The number of rotatable bonds is 3. The lowest BCUT2D eigenvalue weighted by atomic mass is 10.0. The van der Waals surface area contributed by atoms with E-state index in [2.05, 4.69) is 4.98 Å². The van der Waals surface area contributed by atoms with Gasteiger partial charge in [0.05, 0.1) is 10.9 Å². The van der Waals surface area contributed by atoms with Crippen LogP contribution < -0.4 is 0 Å². The maximum absolute atomic E-state index is 12.2. The molecule has 2 atom stereocenters. The summed E-state index contributed by atoms with van der Waals surface area (Å²) in [6, 6.07) is 5.10. The number of carbonyl (C=O) groups is 2. The van der Waals surface area contributed by atoms with Gasteiger partial charge < -0.3 is 5.11 Å². The van der Waals surface area contributed by atoms with Gasteiger partial charge in [0.15, 0.2) is 5.78 Å². The van der Waals surface area contributed by atoms with Crippen molar-refractivity contribution in [2.24, 2.45) is 11.8 Å². The largest absolute Gasteiger partial charge is 0.481 e. The average Bonchev–Trinajstić information content (AvgIpc) is 3.18. The number of Topliss-reactive ketones (excluding diaryl/α,β-unsaturated/α-hetero) is 1. The summed E-state index contributed by atoms with van der Waals surface area (Å²) < 4.78 is 0. The number of ketones is 1. The van der Waals surface area contributed by atoms with Crippen LogP contribution in [0.2, 0.25) is 5.02 Å². The van der Waals surface area contributed by atoms with Crippen molar-refractivity contribution in [1.82, 2.24) is 4.98 Å². The van der Waals surface area contributed by atoms with E-state index in [4.69, 9.17) is 16.7 Å². The monoisotopic (exact) mass is 275 g/mol. The molecule has 2 unspecified atom stereocenters. The summed E-state index contributed by atoms with van der Waals surface area (Å²) in [5.41, 5.74) is 0.470. The number of hydrogen-bond donors (Lipinski definition) is 1. The van der Waals surface area contributed by atoms with Crippen molar-refractivity contribution >= 4 is 34.1 Å². The van der Waals surface area contributed by atoms with Crippen molar-refractivity contribution in [3.8, 4) is 0 Å². The van der Waals surface area contributed by atoms with E-state index < -0.39 is 17.8 Å². The van der Waals surface area contributed by atoms with Gasteiger partial charge in [-0.1, -0.05) is 11.6 Å². The van der Waals surface area contributed by atoms with Gasteiger partial charge in [-0.15, -0.1) is 0 Å². The molecular weight excluding hydrogens is 266 g/mol. The first-order valence-electron chi connectivity index (χ1n) is 5.88. The van der Waals surface area contributed by atoms with Gasteiger partial charge in [-0.25, -0.2) is 0 Å². The first kappa shape index (κ1) is 12.1. The van der Waals surface area contributed by atoms with Gasteiger partial charge in [0.25, 0.3) is 0 Å². The van der Waals surface area contributed by atoms with Crippen LogP contribution in [0.3, 0.4) is 0 Å². The Morgan fingerprint density at radius 1 is 1.32 bits per heavy atom. The molecule has 0 radical (unpaired) electrons. The molecule has 1 aliphatic carbocycles. The Morgan fingerprint density at radius 3 is 2.79 bits per heavy atom. The lowest BCUT2D eigenvalue weighted by Gasteiger charge is -2.04. The van der Waals surface area contributed by atoms with Crippen LogP contribution in [0.1, 0.15) is 16.8 Å². The van der Waals surface area contributed by atoms with E-state index in [0.717, 1.165) is 10.8 Å². The van der Waals surface area contributed by atoms with Crippen LogP contribution in [-0.4, -0.2) is 21.8 Å². The molecule has 0 saturated heterocycles. The van der Waals surface area contributed by atoms with Gasteiger partial charge in [0.2, 0.25) is 0 Å². The van der Waals surface area contributed by atoms with Crippen LogP contribution in [0.5, 0.6) is 0 Å². The first-order valence-corrected chi connectivity index (χ1v) is 6.26. The van der Waals surface area contributed by atoms with E-state index in [9.17, 15) is 9.59 Å². The summed E-state index contributed by atoms with van der Waals surface area (Å²) in [5.74, 6) is -2.00. The Balaban J connectivity index is 1.98. The minimum absolute atomic E-state index is 0.145. The van der Waals surface area contributed by atoms with Crippen molar-refractivity contribution in [2.45, 2.75) is 6.42 Å². The quantitative estimate of drug-likeness (QED) is 0.875. The van der Waals surface area contributed by atoms with Gasteiger partial charge in [-0.05, 0) is 30.0 Å². The van der Waals surface area contributed by atoms with E-state index in [1.54, 1.807) is 30.6 Å². The van der Waals surface area contributed by atoms with Crippen LogP contribution in [0, 0.1) is 11.8 Å². The van der Waals surface area contributed by atoms with Crippen molar-refractivity contribution < 1.29 is 14.7 Å². The van der Waals surface area contributed by atoms with Gasteiger partial charge in [-0.3, -0.25) is 14.6 Å². The molecule has 0 bridgehead atoms. The predicted molar refractivity (Wildman–Crippen MR) is 70.3 cm³/mol. The molecular formula is C14H10ClNO3. The minimum atomic E-state index is -0.908. The third-order valence-corrected chi connectivity index (χ3v) is 3.75. The lowest BCUT2D eigenvalue weighted by Crippen LogP contribution is -2.08. The maximum Gasteiger partial charge on any atom is 0.307 e. The number of hydrogen-bond acceptors (Lipinski definition) is 3. The Kier molecular flexibility index (Phi) is 2.75. The molecule has 0 aliphatic heterocycles. The molecule has 0 amide bonds. The normalized spacial score (nSPS) is 21.3. The van der Waals surface area contributed by atoms with Crippen molar-refractivity contribution in [1.29, 1.82) is 0 Å². The van der Waals surface area contributed by atoms with Crippen molar-refractivity contribution in [3.63, 3.8) is 0 Å². The number of benzene rings is 1. The molecule has 96 valence electrons. The summed E-state index contributed by atoms with van der Waals surface area (Å²) in [7, 11) is 0. The van der Waals surface area contributed by atoms with Gasteiger partial charge >= 0.3 is 5.97 Å². The van der Waals surface area contributed by atoms with Gasteiger partial charge in [0, 0.05) is 29.3 Å². The Labute approximate surface area is 114 Å². The number of carbonyl (C=O) groups excluding carboxylic acids is 1. The number of fused-ring (bicyclic) bond motifs is 1. The second kappa shape index (κ2) is 4.31. The minimum Gasteiger partial charge on any atom is -0.481 e.